The first-order chi connectivity index (χ1) is 14.5. The van der Waals surface area contributed by atoms with Crippen LogP contribution < -0.4 is 10.9 Å². The molecular weight excluding hydrogens is 421 g/mol. The summed E-state index contributed by atoms with van der Waals surface area (Å²) in [4.78, 5) is 32.7. The van der Waals surface area contributed by atoms with Gasteiger partial charge in [-0.3, -0.25) is 9.59 Å². The summed E-state index contributed by atoms with van der Waals surface area (Å²) in [7, 11) is 0. The molecule has 4 rings (SSSR count). The fraction of sp³-hybridized carbons (Fsp3) is 0.136. The smallest absolute Gasteiger partial charge is 0.260 e. The summed E-state index contributed by atoms with van der Waals surface area (Å²) < 4.78 is 13.8. The lowest BCUT2D eigenvalue weighted by molar-refractivity contribution is -0.113. The molecule has 2 aromatic carbocycles. The van der Waals surface area contributed by atoms with Crippen molar-refractivity contribution in [2.24, 2.45) is 0 Å². The second-order valence-corrected chi connectivity index (χ2v) is 8.58. The van der Waals surface area contributed by atoms with Crippen molar-refractivity contribution in [1.82, 2.24) is 9.97 Å². The number of anilines is 1. The van der Waals surface area contributed by atoms with Crippen molar-refractivity contribution in [2.75, 3.05) is 11.1 Å². The van der Waals surface area contributed by atoms with Crippen LogP contribution in [0.15, 0.2) is 58.7 Å². The second-order valence-electron chi connectivity index (χ2n) is 6.73. The number of amides is 1. The molecule has 2 N–H and O–H groups in total. The number of hydrogen-bond donors (Lipinski definition) is 2. The van der Waals surface area contributed by atoms with Gasteiger partial charge in [-0.2, -0.15) is 0 Å². The van der Waals surface area contributed by atoms with Gasteiger partial charge in [0, 0.05) is 10.9 Å². The first-order valence-corrected chi connectivity index (χ1v) is 11.2. The molecular formula is C22H18FN3O2S2. The Hall–Kier alpha value is -2.97. The Morgan fingerprint density at radius 2 is 2.03 bits per heavy atom. The minimum atomic E-state index is -0.461. The van der Waals surface area contributed by atoms with E-state index in [2.05, 4.69) is 15.3 Å². The Morgan fingerprint density at radius 3 is 2.80 bits per heavy atom. The standard InChI is InChI=1S/C22H18FN3O2S2/c1-13-7-8-17(16(23)9-13)24-19(27)12-29-11-18-25-21(28)20-15(10-30-22(20)26-18)14-5-3-2-4-6-14/h2-10H,11-12H2,1H3,(H,24,27)(H,25,26,28). The fourth-order valence-corrected chi connectivity index (χ4v) is 4.70. The molecule has 0 aliphatic rings. The van der Waals surface area contributed by atoms with Gasteiger partial charge in [-0.1, -0.05) is 36.4 Å². The van der Waals surface area contributed by atoms with Crippen LogP contribution >= 0.6 is 23.1 Å². The molecule has 5 nitrogen and oxygen atoms in total. The molecule has 0 spiro atoms. The lowest BCUT2D eigenvalue weighted by atomic mass is 10.1. The zero-order valence-electron chi connectivity index (χ0n) is 16.1. The molecule has 2 aromatic heterocycles. The van der Waals surface area contributed by atoms with E-state index in [1.807, 2.05) is 35.7 Å². The third-order valence-electron chi connectivity index (χ3n) is 4.45. The van der Waals surface area contributed by atoms with Crippen LogP contribution in [-0.4, -0.2) is 21.6 Å². The van der Waals surface area contributed by atoms with Crippen LogP contribution in [0.1, 0.15) is 11.4 Å². The van der Waals surface area contributed by atoms with Crippen molar-refractivity contribution in [1.29, 1.82) is 0 Å². The van der Waals surface area contributed by atoms with Crippen molar-refractivity contribution >= 4 is 44.9 Å². The number of H-pyrrole nitrogens is 1. The largest absolute Gasteiger partial charge is 0.323 e. The highest BCUT2D eigenvalue weighted by molar-refractivity contribution is 7.99. The Labute approximate surface area is 180 Å². The van der Waals surface area contributed by atoms with Gasteiger partial charge < -0.3 is 10.3 Å². The van der Waals surface area contributed by atoms with Crippen LogP contribution in [0.2, 0.25) is 0 Å². The van der Waals surface area contributed by atoms with E-state index < -0.39 is 5.82 Å². The number of hydrogen-bond acceptors (Lipinski definition) is 5. The van der Waals surface area contributed by atoms with E-state index in [-0.39, 0.29) is 22.9 Å². The van der Waals surface area contributed by atoms with Crippen molar-refractivity contribution in [2.45, 2.75) is 12.7 Å². The van der Waals surface area contributed by atoms with Gasteiger partial charge in [0.25, 0.3) is 5.56 Å². The minimum absolute atomic E-state index is 0.120. The number of nitrogens with one attached hydrogen (secondary N) is 2. The van der Waals surface area contributed by atoms with E-state index in [0.29, 0.717) is 21.8 Å². The van der Waals surface area contributed by atoms with Gasteiger partial charge in [-0.05, 0) is 30.2 Å². The average Bonchev–Trinajstić information content (AvgIpc) is 3.15. The van der Waals surface area contributed by atoms with Crippen molar-refractivity contribution < 1.29 is 9.18 Å². The molecule has 2 heterocycles. The van der Waals surface area contributed by atoms with Crippen LogP contribution in [0.5, 0.6) is 0 Å². The van der Waals surface area contributed by atoms with Gasteiger partial charge in [0.2, 0.25) is 5.91 Å². The maximum absolute atomic E-state index is 13.8. The summed E-state index contributed by atoms with van der Waals surface area (Å²) in [6, 6.07) is 14.4. The highest BCUT2D eigenvalue weighted by Gasteiger charge is 2.13. The maximum Gasteiger partial charge on any atom is 0.260 e. The summed E-state index contributed by atoms with van der Waals surface area (Å²) in [5.74, 6) is 0.223. The molecule has 0 unspecified atom stereocenters. The summed E-state index contributed by atoms with van der Waals surface area (Å²) in [6.07, 6.45) is 0. The molecule has 4 aromatic rings. The number of thiophene rings is 1. The molecule has 30 heavy (non-hydrogen) atoms. The highest BCUT2D eigenvalue weighted by Crippen LogP contribution is 2.30. The number of rotatable bonds is 6. The predicted octanol–water partition coefficient (Wildman–Crippen LogP) is 4.97. The zero-order valence-corrected chi connectivity index (χ0v) is 17.7. The van der Waals surface area contributed by atoms with Crippen molar-refractivity contribution in [3.8, 4) is 11.1 Å². The van der Waals surface area contributed by atoms with Gasteiger partial charge in [-0.25, -0.2) is 9.37 Å². The molecule has 0 aliphatic heterocycles. The molecule has 152 valence electrons. The van der Waals surface area contributed by atoms with Gasteiger partial charge in [-0.15, -0.1) is 23.1 Å². The third kappa shape index (κ3) is 4.44. The van der Waals surface area contributed by atoms with Crippen LogP contribution in [-0.2, 0) is 10.5 Å². The topological polar surface area (TPSA) is 74.8 Å². The molecule has 0 fully saturated rings. The van der Waals surface area contributed by atoms with Crippen LogP contribution in [0.25, 0.3) is 21.3 Å². The quantitative estimate of drug-likeness (QED) is 0.445. The number of aromatic amines is 1. The molecule has 0 bridgehead atoms. The summed E-state index contributed by atoms with van der Waals surface area (Å²) in [5.41, 5.74) is 2.59. The molecule has 1 amide bonds. The minimum Gasteiger partial charge on any atom is -0.323 e. The van der Waals surface area contributed by atoms with E-state index in [1.54, 1.807) is 19.1 Å². The molecule has 0 saturated heterocycles. The predicted molar refractivity (Wildman–Crippen MR) is 122 cm³/mol. The molecule has 0 saturated carbocycles. The first kappa shape index (κ1) is 20.3. The molecule has 0 atom stereocenters. The number of aromatic nitrogens is 2. The number of benzene rings is 2. The number of halogens is 1. The summed E-state index contributed by atoms with van der Waals surface area (Å²) in [5, 5.41) is 5.07. The second kappa shape index (κ2) is 8.81. The third-order valence-corrected chi connectivity index (χ3v) is 6.26. The Balaban J connectivity index is 1.42. The molecule has 0 aliphatic carbocycles. The average molecular weight is 440 g/mol. The van der Waals surface area contributed by atoms with E-state index in [1.165, 1.54) is 29.2 Å². The van der Waals surface area contributed by atoms with Crippen LogP contribution in [0.4, 0.5) is 10.1 Å². The summed E-state index contributed by atoms with van der Waals surface area (Å²) >= 11 is 2.72. The van der Waals surface area contributed by atoms with E-state index in [4.69, 9.17) is 0 Å². The van der Waals surface area contributed by atoms with E-state index in [0.717, 1.165) is 16.7 Å². The zero-order chi connectivity index (χ0) is 21.1. The number of aryl methyl sites for hydroxylation is 1. The monoisotopic (exact) mass is 439 g/mol. The van der Waals surface area contributed by atoms with Crippen LogP contribution in [0.3, 0.4) is 0 Å². The molecule has 8 heteroatoms. The van der Waals surface area contributed by atoms with E-state index >= 15 is 0 Å². The number of thioether (sulfide) groups is 1. The lowest BCUT2D eigenvalue weighted by Gasteiger charge is -2.07. The van der Waals surface area contributed by atoms with Gasteiger partial charge in [0.1, 0.15) is 16.5 Å². The Morgan fingerprint density at radius 1 is 1.23 bits per heavy atom. The number of carbonyl (C=O) groups is 1. The number of fused-ring (bicyclic) bond motifs is 1. The lowest BCUT2D eigenvalue weighted by Crippen LogP contribution is -2.16. The highest BCUT2D eigenvalue weighted by atomic mass is 32.2. The van der Waals surface area contributed by atoms with Crippen LogP contribution in [0, 0.1) is 12.7 Å². The SMILES string of the molecule is Cc1ccc(NC(=O)CSCc2nc3scc(-c4ccccc4)c3c(=O)[nH]2)c(F)c1. The molecule has 0 radical (unpaired) electrons. The first-order valence-electron chi connectivity index (χ1n) is 9.21. The van der Waals surface area contributed by atoms with Gasteiger partial charge >= 0.3 is 0 Å². The normalized spacial score (nSPS) is 11.0. The number of carbonyl (C=O) groups excluding carboxylic acids is 1. The van der Waals surface area contributed by atoms with E-state index in [9.17, 15) is 14.0 Å². The number of nitrogens with zero attached hydrogens (tertiary/aromatic N) is 1. The Bertz CT molecular complexity index is 1270. The van der Waals surface area contributed by atoms with Gasteiger partial charge in [0.15, 0.2) is 0 Å². The maximum atomic E-state index is 13.8. The van der Waals surface area contributed by atoms with Gasteiger partial charge in [0.05, 0.1) is 22.6 Å². The Kier molecular flexibility index (Phi) is 5.96. The summed E-state index contributed by atoms with van der Waals surface area (Å²) in [6.45, 7) is 1.78. The van der Waals surface area contributed by atoms with Crippen molar-refractivity contribution in [3.05, 3.63) is 81.5 Å². The van der Waals surface area contributed by atoms with Crippen molar-refractivity contribution in [3.63, 3.8) is 0 Å². The fourth-order valence-electron chi connectivity index (χ4n) is 3.04.